The lowest BCUT2D eigenvalue weighted by Crippen LogP contribution is -2.48. The first-order valence-electron chi connectivity index (χ1n) is 8.09. The molecule has 0 radical (unpaired) electrons. The van der Waals surface area contributed by atoms with Gasteiger partial charge in [0.15, 0.2) is 0 Å². The van der Waals surface area contributed by atoms with Crippen LogP contribution in [0.15, 0.2) is 18.2 Å². The van der Waals surface area contributed by atoms with Crippen LogP contribution in [0.1, 0.15) is 31.0 Å². The first kappa shape index (κ1) is 17.7. The Morgan fingerprint density at radius 3 is 2.65 bits per heavy atom. The number of urea groups is 1. The monoisotopic (exact) mass is 323 g/mol. The third kappa shape index (κ3) is 5.48. The Bertz CT molecular complexity index is 533. The van der Waals surface area contributed by atoms with Gasteiger partial charge in [0.1, 0.15) is 5.82 Å². The fraction of sp³-hybridized carbons (Fsp3) is 0.588. The molecular formula is C17H26FN3O2. The molecule has 0 aliphatic carbocycles. The van der Waals surface area contributed by atoms with E-state index in [0.29, 0.717) is 5.56 Å². The number of amides is 2. The first-order valence-corrected chi connectivity index (χ1v) is 8.09. The maximum absolute atomic E-state index is 13.6. The van der Waals surface area contributed by atoms with E-state index >= 15 is 0 Å². The minimum absolute atomic E-state index is 0.0371. The number of nitrogens with zero attached hydrogens (tertiary/aromatic N) is 1. The topological polar surface area (TPSA) is 53.6 Å². The second-order valence-corrected chi connectivity index (χ2v) is 6.16. The summed E-state index contributed by atoms with van der Waals surface area (Å²) in [5.74, 6) is -0.253. The quantitative estimate of drug-likeness (QED) is 0.873. The van der Waals surface area contributed by atoms with Crippen LogP contribution in [0.3, 0.4) is 0 Å². The van der Waals surface area contributed by atoms with Crippen molar-refractivity contribution in [3.63, 3.8) is 0 Å². The van der Waals surface area contributed by atoms with Crippen molar-refractivity contribution in [3.8, 4) is 0 Å². The van der Waals surface area contributed by atoms with Crippen molar-refractivity contribution in [1.82, 2.24) is 15.5 Å². The highest BCUT2D eigenvalue weighted by Crippen LogP contribution is 2.16. The molecule has 1 aliphatic rings. The molecule has 128 valence electrons. The minimum atomic E-state index is -0.253. The van der Waals surface area contributed by atoms with Crippen LogP contribution in [-0.4, -0.2) is 49.8 Å². The second-order valence-electron chi connectivity index (χ2n) is 6.16. The van der Waals surface area contributed by atoms with E-state index in [1.807, 2.05) is 19.9 Å². The van der Waals surface area contributed by atoms with Gasteiger partial charge in [0.2, 0.25) is 0 Å². The molecule has 1 saturated heterocycles. The summed E-state index contributed by atoms with van der Waals surface area (Å²) in [6, 6.07) is 4.58. The second kappa shape index (κ2) is 8.26. The average Bonchev–Trinajstić information content (AvgIpc) is 2.50. The van der Waals surface area contributed by atoms with E-state index in [4.69, 9.17) is 4.74 Å². The summed E-state index contributed by atoms with van der Waals surface area (Å²) in [6.07, 6.45) is 0. The molecule has 1 heterocycles. The summed E-state index contributed by atoms with van der Waals surface area (Å²) in [5.41, 5.74) is 1.36. The van der Waals surface area contributed by atoms with Gasteiger partial charge in [0.25, 0.3) is 0 Å². The maximum Gasteiger partial charge on any atom is 0.315 e. The van der Waals surface area contributed by atoms with Crippen molar-refractivity contribution in [1.29, 1.82) is 0 Å². The summed E-state index contributed by atoms with van der Waals surface area (Å²) in [7, 11) is 0. The van der Waals surface area contributed by atoms with Gasteiger partial charge in [-0.25, -0.2) is 9.18 Å². The van der Waals surface area contributed by atoms with E-state index in [-0.39, 0.29) is 23.9 Å². The predicted octanol–water partition coefficient (Wildman–Crippen LogP) is 2.22. The Labute approximate surface area is 137 Å². The molecule has 0 saturated carbocycles. The van der Waals surface area contributed by atoms with Crippen LogP contribution in [0.4, 0.5) is 9.18 Å². The Hall–Kier alpha value is -1.66. The summed E-state index contributed by atoms with van der Waals surface area (Å²) < 4.78 is 18.9. The van der Waals surface area contributed by atoms with Gasteiger partial charge in [-0.15, -0.1) is 0 Å². The first-order chi connectivity index (χ1) is 11.0. The number of hydrogen-bond donors (Lipinski definition) is 2. The van der Waals surface area contributed by atoms with E-state index in [0.717, 1.165) is 38.4 Å². The van der Waals surface area contributed by atoms with Crippen LogP contribution < -0.4 is 10.6 Å². The van der Waals surface area contributed by atoms with Crippen LogP contribution in [-0.2, 0) is 4.74 Å². The molecule has 23 heavy (non-hydrogen) atoms. The lowest BCUT2D eigenvalue weighted by molar-refractivity contribution is 0.0349. The van der Waals surface area contributed by atoms with Crippen LogP contribution in [0.25, 0.3) is 0 Å². The van der Waals surface area contributed by atoms with Crippen molar-refractivity contribution in [2.45, 2.75) is 32.9 Å². The number of hydrogen-bond acceptors (Lipinski definition) is 3. The molecule has 5 nitrogen and oxygen atoms in total. The van der Waals surface area contributed by atoms with E-state index in [9.17, 15) is 9.18 Å². The molecule has 0 unspecified atom stereocenters. The van der Waals surface area contributed by atoms with Crippen LogP contribution >= 0.6 is 0 Å². The molecule has 1 fully saturated rings. The molecule has 0 aromatic heterocycles. The molecule has 0 bridgehead atoms. The van der Waals surface area contributed by atoms with Crippen LogP contribution in [0.2, 0.25) is 0 Å². The molecule has 2 N–H and O–H groups in total. The van der Waals surface area contributed by atoms with Crippen molar-refractivity contribution in [3.05, 3.63) is 35.1 Å². The van der Waals surface area contributed by atoms with Crippen molar-refractivity contribution in [2.24, 2.45) is 0 Å². The molecule has 1 aromatic carbocycles. The summed E-state index contributed by atoms with van der Waals surface area (Å²) in [6.45, 7) is 9.62. The molecule has 2 atom stereocenters. The van der Waals surface area contributed by atoms with Crippen molar-refractivity contribution >= 4 is 6.03 Å². The van der Waals surface area contributed by atoms with Crippen molar-refractivity contribution in [2.75, 3.05) is 32.8 Å². The lowest BCUT2D eigenvalue weighted by atomic mass is 10.1. The maximum atomic E-state index is 13.6. The summed E-state index contributed by atoms with van der Waals surface area (Å²) >= 11 is 0. The Balaban J connectivity index is 1.79. The van der Waals surface area contributed by atoms with Crippen molar-refractivity contribution < 1.29 is 13.9 Å². The molecule has 2 rings (SSSR count). The smallest absolute Gasteiger partial charge is 0.315 e. The van der Waals surface area contributed by atoms with E-state index in [1.54, 1.807) is 13.0 Å². The minimum Gasteiger partial charge on any atom is -0.379 e. The van der Waals surface area contributed by atoms with Gasteiger partial charge in [-0.05, 0) is 38.0 Å². The molecule has 6 heteroatoms. The van der Waals surface area contributed by atoms with E-state index in [1.165, 1.54) is 6.07 Å². The Kier molecular flexibility index (Phi) is 6.36. The highest BCUT2D eigenvalue weighted by molar-refractivity contribution is 5.74. The Morgan fingerprint density at radius 2 is 2.00 bits per heavy atom. The van der Waals surface area contributed by atoms with Crippen LogP contribution in [0.5, 0.6) is 0 Å². The van der Waals surface area contributed by atoms with Gasteiger partial charge in [0.05, 0.1) is 19.3 Å². The van der Waals surface area contributed by atoms with Gasteiger partial charge in [-0.2, -0.15) is 0 Å². The number of rotatable bonds is 5. The fourth-order valence-electron chi connectivity index (χ4n) is 2.64. The van der Waals surface area contributed by atoms with Gasteiger partial charge in [-0.3, -0.25) is 4.90 Å². The predicted molar refractivity (Wildman–Crippen MR) is 87.9 cm³/mol. The fourth-order valence-corrected chi connectivity index (χ4v) is 2.64. The average molecular weight is 323 g/mol. The van der Waals surface area contributed by atoms with Gasteiger partial charge in [-0.1, -0.05) is 12.1 Å². The van der Waals surface area contributed by atoms with Crippen LogP contribution in [0, 0.1) is 12.7 Å². The SMILES string of the molecule is Cc1ccc([C@H](C)NC(=O)N[C@H](C)CN2CCOCC2)cc1F. The standard InChI is InChI=1S/C17H26FN3O2/c1-12-4-5-15(10-16(12)18)14(3)20-17(22)19-13(2)11-21-6-8-23-9-7-21/h4-5,10,13-14H,6-9,11H2,1-3H3,(H2,19,20,22)/t13-,14+/m1/s1. The molecular weight excluding hydrogens is 297 g/mol. The highest BCUT2D eigenvalue weighted by atomic mass is 19.1. The van der Waals surface area contributed by atoms with E-state index < -0.39 is 0 Å². The number of benzene rings is 1. The zero-order valence-corrected chi connectivity index (χ0v) is 14.1. The third-order valence-electron chi connectivity index (χ3n) is 4.06. The highest BCUT2D eigenvalue weighted by Gasteiger charge is 2.16. The van der Waals surface area contributed by atoms with E-state index in [2.05, 4.69) is 15.5 Å². The number of carbonyl (C=O) groups is 1. The number of morpholine rings is 1. The Morgan fingerprint density at radius 1 is 1.30 bits per heavy atom. The zero-order chi connectivity index (χ0) is 16.8. The molecule has 1 aliphatic heterocycles. The number of carbonyl (C=O) groups excluding carboxylic acids is 1. The number of ether oxygens (including phenoxy) is 1. The van der Waals surface area contributed by atoms with Gasteiger partial charge >= 0.3 is 6.03 Å². The zero-order valence-electron chi connectivity index (χ0n) is 14.1. The normalized spacial score (nSPS) is 18.3. The summed E-state index contributed by atoms with van der Waals surface area (Å²) in [4.78, 5) is 14.3. The number of halogens is 1. The molecule has 2 amide bonds. The lowest BCUT2D eigenvalue weighted by Gasteiger charge is -2.29. The number of nitrogens with one attached hydrogen (secondary N) is 2. The number of aryl methyl sites for hydroxylation is 1. The molecule has 1 aromatic rings. The summed E-state index contributed by atoms with van der Waals surface area (Å²) in [5, 5.41) is 5.78. The molecule has 0 spiro atoms. The third-order valence-corrected chi connectivity index (χ3v) is 4.06. The van der Waals surface area contributed by atoms with Gasteiger partial charge < -0.3 is 15.4 Å². The largest absolute Gasteiger partial charge is 0.379 e. The van der Waals surface area contributed by atoms with Gasteiger partial charge in [0, 0.05) is 25.7 Å².